The van der Waals surface area contributed by atoms with Crippen molar-refractivity contribution < 1.29 is 4.79 Å². The summed E-state index contributed by atoms with van der Waals surface area (Å²) in [5.74, 6) is 0.198. The summed E-state index contributed by atoms with van der Waals surface area (Å²) in [6.07, 6.45) is 2.62. The minimum Gasteiger partial charge on any atom is -0.326 e. The van der Waals surface area contributed by atoms with Crippen molar-refractivity contribution in [2.75, 3.05) is 10.6 Å². The molecular weight excluding hydrogens is 326 g/mol. The lowest BCUT2D eigenvalue weighted by atomic mass is 9.91. The van der Waals surface area contributed by atoms with Crippen molar-refractivity contribution in [1.82, 2.24) is 9.97 Å². The summed E-state index contributed by atoms with van der Waals surface area (Å²) >= 11 is 0. The summed E-state index contributed by atoms with van der Waals surface area (Å²) in [5.41, 5.74) is 4.51. The highest BCUT2D eigenvalue weighted by atomic mass is 16.1. The molecule has 0 bridgehead atoms. The number of aromatic nitrogens is 2. The van der Waals surface area contributed by atoms with E-state index in [2.05, 4.69) is 20.6 Å². The lowest BCUT2D eigenvalue weighted by Crippen LogP contribution is -2.17. The predicted molar refractivity (Wildman–Crippen MR) is 103 cm³/mol. The third kappa shape index (κ3) is 5.28. The molecule has 0 aliphatic heterocycles. The van der Waals surface area contributed by atoms with Gasteiger partial charge in [0.15, 0.2) is 6.19 Å². The summed E-state index contributed by atoms with van der Waals surface area (Å²) < 4.78 is 0. The van der Waals surface area contributed by atoms with Crippen LogP contribution in [-0.2, 0) is 16.6 Å². The Bertz CT molecular complexity index is 846. The summed E-state index contributed by atoms with van der Waals surface area (Å²) in [6, 6.07) is 7.75. The van der Waals surface area contributed by atoms with Gasteiger partial charge >= 0.3 is 0 Å². The Labute approximate surface area is 154 Å². The zero-order chi connectivity index (χ0) is 19.3. The molecule has 2 N–H and O–H groups in total. The number of hydrogen-bond acceptors (Lipinski definition) is 5. The average molecular weight is 351 g/mol. The fourth-order valence-corrected chi connectivity index (χ4v) is 2.40. The first-order chi connectivity index (χ1) is 12.2. The monoisotopic (exact) mass is 351 g/mol. The highest BCUT2D eigenvalue weighted by molar-refractivity contribution is 5.90. The van der Waals surface area contributed by atoms with Gasteiger partial charge in [0.2, 0.25) is 11.9 Å². The Kier molecular flexibility index (Phi) is 5.93. The number of carbonyl (C=O) groups excluding carboxylic acids is 1. The number of nitriles is 1. The number of carbonyl (C=O) groups is 1. The quantitative estimate of drug-likeness (QED) is 0.630. The number of nitrogens with one attached hydrogen (secondary N) is 2. The maximum Gasteiger partial charge on any atom is 0.236 e. The number of hydrogen-bond donors (Lipinski definition) is 2. The molecule has 136 valence electrons. The van der Waals surface area contributed by atoms with E-state index >= 15 is 0 Å². The molecule has 1 amide bonds. The minimum atomic E-state index is -0.175. The summed E-state index contributed by atoms with van der Waals surface area (Å²) in [7, 11) is 0. The van der Waals surface area contributed by atoms with E-state index in [1.165, 1.54) is 5.56 Å². The molecule has 1 aromatic heterocycles. The summed E-state index contributed by atoms with van der Waals surface area (Å²) in [5, 5.41) is 14.2. The Balaban J connectivity index is 2.08. The molecule has 0 spiro atoms. The van der Waals surface area contributed by atoms with Crippen LogP contribution in [0.15, 0.2) is 24.3 Å². The van der Waals surface area contributed by atoms with E-state index in [0.717, 1.165) is 22.6 Å². The fourth-order valence-electron chi connectivity index (χ4n) is 2.40. The molecule has 26 heavy (non-hydrogen) atoms. The largest absolute Gasteiger partial charge is 0.326 e. The van der Waals surface area contributed by atoms with Crippen LogP contribution < -0.4 is 10.6 Å². The van der Waals surface area contributed by atoms with Gasteiger partial charge in [-0.3, -0.25) is 10.1 Å². The molecule has 0 saturated carbocycles. The van der Waals surface area contributed by atoms with Crippen molar-refractivity contribution in [3.05, 3.63) is 46.8 Å². The van der Waals surface area contributed by atoms with Crippen LogP contribution in [0.5, 0.6) is 0 Å². The lowest BCUT2D eigenvalue weighted by Gasteiger charge is -2.19. The van der Waals surface area contributed by atoms with Crippen LogP contribution in [0.4, 0.5) is 11.6 Å². The van der Waals surface area contributed by atoms with Crippen LogP contribution in [-0.4, -0.2) is 15.9 Å². The topological polar surface area (TPSA) is 90.7 Å². The molecular formula is C20H25N5O. The zero-order valence-electron chi connectivity index (χ0n) is 16.0. The lowest BCUT2D eigenvalue weighted by molar-refractivity contribution is -0.116. The number of nitrogens with zero attached hydrogens (tertiary/aromatic N) is 3. The van der Waals surface area contributed by atoms with Crippen LogP contribution in [0.2, 0.25) is 0 Å². The van der Waals surface area contributed by atoms with Gasteiger partial charge in [-0.25, -0.2) is 9.97 Å². The minimum absolute atomic E-state index is 0.0704. The normalized spacial score (nSPS) is 10.9. The second kappa shape index (κ2) is 7.96. The molecule has 0 atom stereocenters. The zero-order valence-corrected chi connectivity index (χ0v) is 16.0. The first-order valence-corrected chi connectivity index (χ1v) is 8.59. The Morgan fingerprint density at radius 3 is 2.50 bits per heavy atom. The number of rotatable bonds is 5. The SMILES string of the molecule is Cc1ccc(NC(=O)CCc2cc(C(C)(C)C)nc(NC#N)n2)cc1C. The van der Waals surface area contributed by atoms with Crippen LogP contribution in [0.25, 0.3) is 0 Å². The van der Waals surface area contributed by atoms with Crippen LogP contribution in [0, 0.1) is 25.3 Å². The Hall–Kier alpha value is -2.94. The fraction of sp³-hybridized carbons (Fsp3) is 0.400. The van der Waals surface area contributed by atoms with Crippen LogP contribution in [0.1, 0.15) is 49.7 Å². The molecule has 1 heterocycles. The molecule has 2 aromatic rings. The standard InChI is InChI=1S/C20H25N5O/c1-13-6-7-15(10-14(13)2)23-18(26)9-8-16-11-17(20(3,4)5)25-19(24-16)22-12-21/h6-7,10-11H,8-9H2,1-5H3,(H,23,26)(H,22,24,25). The molecule has 1 aromatic carbocycles. The van der Waals surface area contributed by atoms with Crippen molar-refractivity contribution in [3.63, 3.8) is 0 Å². The molecule has 0 radical (unpaired) electrons. The molecule has 0 saturated heterocycles. The first kappa shape index (κ1) is 19.4. The smallest absolute Gasteiger partial charge is 0.236 e. The van der Waals surface area contributed by atoms with Gasteiger partial charge in [0, 0.05) is 23.2 Å². The predicted octanol–water partition coefficient (Wildman–Crippen LogP) is 3.86. The van der Waals surface area contributed by atoms with Crippen molar-refractivity contribution in [2.24, 2.45) is 0 Å². The van der Waals surface area contributed by atoms with E-state index in [1.54, 1.807) is 0 Å². The number of aryl methyl sites for hydroxylation is 3. The van der Waals surface area contributed by atoms with Gasteiger partial charge in [0.1, 0.15) is 0 Å². The second-order valence-electron chi connectivity index (χ2n) is 7.40. The van der Waals surface area contributed by atoms with Crippen molar-refractivity contribution in [3.8, 4) is 6.19 Å². The van der Waals surface area contributed by atoms with Gasteiger partial charge in [-0.2, -0.15) is 5.26 Å². The van der Waals surface area contributed by atoms with Crippen molar-refractivity contribution in [1.29, 1.82) is 5.26 Å². The van der Waals surface area contributed by atoms with Gasteiger partial charge in [-0.15, -0.1) is 0 Å². The Morgan fingerprint density at radius 1 is 1.15 bits per heavy atom. The number of benzene rings is 1. The summed E-state index contributed by atoms with van der Waals surface area (Å²) in [6.45, 7) is 10.2. The van der Waals surface area contributed by atoms with E-state index < -0.39 is 0 Å². The molecule has 0 fully saturated rings. The van der Waals surface area contributed by atoms with Gasteiger partial charge in [0.25, 0.3) is 0 Å². The van der Waals surface area contributed by atoms with E-state index in [1.807, 2.05) is 65.1 Å². The Morgan fingerprint density at radius 2 is 1.88 bits per heavy atom. The first-order valence-electron chi connectivity index (χ1n) is 8.59. The number of amides is 1. The van der Waals surface area contributed by atoms with Gasteiger partial charge in [-0.05, 0) is 49.6 Å². The summed E-state index contributed by atoms with van der Waals surface area (Å²) in [4.78, 5) is 20.9. The third-order valence-corrected chi connectivity index (χ3v) is 4.11. The maximum atomic E-state index is 12.3. The highest BCUT2D eigenvalue weighted by Gasteiger charge is 2.18. The molecule has 2 rings (SSSR count). The van der Waals surface area contributed by atoms with Crippen molar-refractivity contribution in [2.45, 2.75) is 52.9 Å². The third-order valence-electron chi connectivity index (χ3n) is 4.11. The van der Waals surface area contributed by atoms with Crippen LogP contribution >= 0.6 is 0 Å². The van der Waals surface area contributed by atoms with Gasteiger partial charge in [0.05, 0.1) is 5.69 Å². The molecule has 0 aliphatic rings. The second-order valence-corrected chi connectivity index (χ2v) is 7.40. The van der Waals surface area contributed by atoms with Crippen molar-refractivity contribution >= 4 is 17.5 Å². The number of anilines is 2. The molecule has 6 heteroatoms. The van der Waals surface area contributed by atoms with E-state index in [0.29, 0.717) is 12.8 Å². The van der Waals surface area contributed by atoms with E-state index in [9.17, 15) is 4.79 Å². The maximum absolute atomic E-state index is 12.3. The molecule has 6 nitrogen and oxygen atoms in total. The van der Waals surface area contributed by atoms with Crippen LogP contribution in [0.3, 0.4) is 0 Å². The van der Waals surface area contributed by atoms with Gasteiger partial charge < -0.3 is 5.32 Å². The van der Waals surface area contributed by atoms with Gasteiger partial charge in [-0.1, -0.05) is 26.8 Å². The molecule has 0 aliphatic carbocycles. The molecule has 0 unspecified atom stereocenters. The average Bonchev–Trinajstić information content (AvgIpc) is 2.56. The van der Waals surface area contributed by atoms with E-state index in [4.69, 9.17) is 5.26 Å². The van der Waals surface area contributed by atoms with E-state index in [-0.39, 0.29) is 17.3 Å². The highest BCUT2D eigenvalue weighted by Crippen LogP contribution is 2.22.